The fraction of sp³-hybridized carbons (Fsp3) is 0.478. The van der Waals surface area contributed by atoms with Crippen molar-refractivity contribution in [2.75, 3.05) is 26.8 Å². The van der Waals surface area contributed by atoms with E-state index in [0.29, 0.717) is 68.0 Å². The number of nitrogens with zero attached hydrogens (tertiary/aromatic N) is 5. The molecule has 180 valence electrons. The summed E-state index contributed by atoms with van der Waals surface area (Å²) in [4.78, 5) is 13.0. The minimum absolute atomic E-state index is 0.251. The molecule has 4 heterocycles. The summed E-state index contributed by atoms with van der Waals surface area (Å²) in [5, 5.41) is 4.03. The van der Waals surface area contributed by atoms with Gasteiger partial charge in [-0.2, -0.15) is 9.29 Å². The molecule has 0 amide bonds. The highest BCUT2D eigenvalue weighted by atomic mass is 32.2. The summed E-state index contributed by atoms with van der Waals surface area (Å²) in [5.41, 5.74) is 0.252. The number of hydrogen-bond donors (Lipinski definition) is 0. The van der Waals surface area contributed by atoms with Crippen molar-refractivity contribution < 1.29 is 22.4 Å². The van der Waals surface area contributed by atoms with Crippen LogP contribution in [-0.2, 0) is 21.2 Å². The Morgan fingerprint density at radius 2 is 2.09 bits per heavy atom. The van der Waals surface area contributed by atoms with Crippen LogP contribution in [0, 0.1) is 5.92 Å². The van der Waals surface area contributed by atoms with Crippen LogP contribution < -0.4 is 4.74 Å². The van der Waals surface area contributed by atoms with Crippen LogP contribution in [0.2, 0.25) is 0 Å². The molecule has 0 bridgehead atoms. The third-order valence-corrected chi connectivity index (χ3v) is 8.53. The molecule has 2 aliphatic heterocycles. The summed E-state index contributed by atoms with van der Waals surface area (Å²) in [5.74, 6) is 1.85. The molecule has 10 nitrogen and oxygen atoms in total. The summed E-state index contributed by atoms with van der Waals surface area (Å²) >= 11 is 0. The highest BCUT2D eigenvalue weighted by molar-refractivity contribution is 7.89. The Morgan fingerprint density at radius 3 is 2.85 bits per heavy atom. The fourth-order valence-corrected chi connectivity index (χ4v) is 6.28. The topological polar surface area (TPSA) is 121 Å². The van der Waals surface area contributed by atoms with Crippen molar-refractivity contribution in [2.24, 2.45) is 5.92 Å². The number of ether oxygens (including phenoxy) is 2. The van der Waals surface area contributed by atoms with Gasteiger partial charge in [0.15, 0.2) is 0 Å². The van der Waals surface area contributed by atoms with Crippen LogP contribution in [0.5, 0.6) is 5.75 Å². The average molecular weight is 486 g/mol. The van der Waals surface area contributed by atoms with Gasteiger partial charge in [0.1, 0.15) is 11.4 Å². The zero-order chi connectivity index (χ0) is 23.6. The van der Waals surface area contributed by atoms with E-state index in [1.165, 1.54) is 7.11 Å². The first-order valence-corrected chi connectivity index (χ1v) is 12.8. The van der Waals surface area contributed by atoms with Crippen molar-refractivity contribution in [2.45, 2.75) is 42.6 Å². The van der Waals surface area contributed by atoms with Gasteiger partial charge in [0.05, 0.1) is 23.8 Å². The van der Waals surface area contributed by atoms with Gasteiger partial charge in [0, 0.05) is 44.6 Å². The lowest BCUT2D eigenvalue weighted by molar-refractivity contribution is -0.121. The number of aromatic nitrogens is 4. The molecular formula is C23H27N5O5S. The molecule has 0 aliphatic carbocycles. The second kappa shape index (κ2) is 9.40. The minimum atomic E-state index is -3.58. The molecule has 0 saturated carbocycles. The first-order chi connectivity index (χ1) is 16.5. The SMILES string of the molecule is COc1cccc(S(=O)(=O)N2CCC3(CC2)CC(Cc2nc(-c4cnccn4)no2)CCO3)c1. The quantitative estimate of drug-likeness (QED) is 0.519. The molecule has 0 radical (unpaired) electrons. The second-order valence-corrected chi connectivity index (χ2v) is 10.7. The first-order valence-electron chi connectivity index (χ1n) is 11.3. The molecular weight excluding hydrogens is 458 g/mol. The second-order valence-electron chi connectivity index (χ2n) is 8.78. The summed E-state index contributed by atoms with van der Waals surface area (Å²) in [6.07, 6.45) is 8.49. The molecule has 2 aromatic heterocycles. The van der Waals surface area contributed by atoms with Gasteiger partial charge in [-0.25, -0.2) is 13.4 Å². The van der Waals surface area contributed by atoms with E-state index in [4.69, 9.17) is 14.0 Å². The number of rotatable bonds is 6. The first kappa shape index (κ1) is 22.9. The third kappa shape index (κ3) is 4.68. The number of piperidine rings is 1. The van der Waals surface area contributed by atoms with E-state index in [-0.39, 0.29) is 10.5 Å². The number of sulfonamides is 1. The molecule has 34 heavy (non-hydrogen) atoms. The smallest absolute Gasteiger partial charge is 0.243 e. The van der Waals surface area contributed by atoms with E-state index in [1.54, 1.807) is 47.2 Å². The Bertz CT molecular complexity index is 1230. The molecule has 0 N–H and O–H groups in total. The van der Waals surface area contributed by atoms with E-state index >= 15 is 0 Å². The van der Waals surface area contributed by atoms with E-state index in [9.17, 15) is 8.42 Å². The van der Waals surface area contributed by atoms with Crippen molar-refractivity contribution in [3.8, 4) is 17.3 Å². The van der Waals surface area contributed by atoms with Gasteiger partial charge < -0.3 is 14.0 Å². The van der Waals surface area contributed by atoms with Gasteiger partial charge in [-0.05, 0) is 43.7 Å². The Labute approximate surface area is 198 Å². The van der Waals surface area contributed by atoms with Crippen LogP contribution in [0.15, 0.2) is 52.3 Å². The summed E-state index contributed by atoms with van der Waals surface area (Å²) in [6, 6.07) is 6.60. The van der Waals surface area contributed by atoms with Crippen molar-refractivity contribution in [1.82, 2.24) is 24.4 Å². The zero-order valence-electron chi connectivity index (χ0n) is 19.0. The van der Waals surface area contributed by atoms with Gasteiger partial charge in [-0.3, -0.25) is 4.98 Å². The van der Waals surface area contributed by atoms with Gasteiger partial charge in [-0.15, -0.1) is 0 Å². The summed E-state index contributed by atoms with van der Waals surface area (Å²) < 4.78 is 44.7. The molecule has 1 atom stereocenters. The van der Waals surface area contributed by atoms with E-state index in [1.807, 2.05) is 0 Å². The molecule has 2 aliphatic rings. The number of benzene rings is 1. The average Bonchev–Trinajstić information content (AvgIpc) is 3.33. The predicted molar refractivity (Wildman–Crippen MR) is 121 cm³/mol. The lowest BCUT2D eigenvalue weighted by Crippen LogP contribution is -2.50. The van der Waals surface area contributed by atoms with Gasteiger partial charge in [-0.1, -0.05) is 11.2 Å². The highest BCUT2D eigenvalue weighted by Gasteiger charge is 2.43. The van der Waals surface area contributed by atoms with Crippen LogP contribution in [0.4, 0.5) is 0 Å². The highest BCUT2D eigenvalue weighted by Crippen LogP contribution is 2.40. The van der Waals surface area contributed by atoms with Crippen LogP contribution >= 0.6 is 0 Å². The fourth-order valence-electron chi connectivity index (χ4n) is 4.80. The molecule has 11 heteroatoms. The van der Waals surface area contributed by atoms with Gasteiger partial charge in [0.25, 0.3) is 0 Å². The molecule has 1 unspecified atom stereocenters. The number of methoxy groups -OCH3 is 1. The standard InChI is InChI=1S/C23H27N5O5S/c1-31-18-3-2-4-19(14-18)34(29,30)28-10-6-23(7-11-28)15-17(5-12-32-23)13-21-26-22(27-33-21)20-16-24-8-9-25-20/h2-4,8-9,14,16-17H,5-7,10-13,15H2,1H3. The minimum Gasteiger partial charge on any atom is -0.497 e. The normalized spacial score (nSPS) is 20.9. The largest absolute Gasteiger partial charge is 0.497 e. The number of hydrogen-bond acceptors (Lipinski definition) is 9. The summed E-state index contributed by atoms with van der Waals surface area (Å²) in [6.45, 7) is 1.48. The lowest BCUT2D eigenvalue weighted by Gasteiger charge is -2.45. The third-order valence-electron chi connectivity index (χ3n) is 6.63. The molecule has 3 aromatic rings. The lowest BCUT2D eigenvalue weighted by atomic mass is 9.79. The van der Waals surface area contributed by atoms with E-state index in [2.05, 4.69) is 20.1 Å². The maximum absolute atomic E-state index is 13.1. The zero-order valence-corrected chi connectivity index (χ0v) is 19.8. The maximum Gasteiger partial charge on any atom is 0.243 e. The molecule has 1 aromatic carbocycles. The Kier molecular flexibility index (Phi) is 6.32. The molecule has 2 fully saturated rings. The van der Waals surface area contributed by atoms with Crippen molar-refractivity contribution in [3.05, 3.63) is 48.7 Å². The van der Waals surface area contributed by atoms with Crippen molar-refractivity contribution in [1.29, 1.82) is 0 Å². The maximum atomic E-state index is 13.1. The summed E-state index contributed by atoms with van der Waals surface area (Å²) in [7, 11) is -2.06. The molecule has 5 rings (SSSR count). The van der Waals surface area contributed by atoms with Crippen LogP contribution in [0.1, 0.15) is 31.6 Å². The molecule has 1 spiro atoms. The monoisotopic (exact) mass is 485 g/mol. The van der Waals surface area contributed by atoms with E-state index in [0.717, 1.165) is 12.8 Å². The van der Waals surface area contributed by atoms with E-state index < -0.39 is 10.0 Å². The van der Waals surface area contributed by atoms with Crippen LogP contribution in [-0.4, -0.2) is 65.2 Å². The Balaban J connectivity index is 1.22. The van der Waals surface area contributed by atoms with Crippen molar-refractivity contribution in [3.63, 3.8) is 0 Å². The predicted octanol–water partition coefficient (Wildman–Crippen LogP) is 2.73. The van der Waals surface area contributed by atoms with Crippen LogP contribution in [0.25, 0.3) is 11.5 Å². The Morgan fingerprint density at radius 1 is 1.24 bits per heavy atom. The Hall–Kier alpha value is -2.89. The van der Waals surface area contributed by atoms with Crippen LogP contribution in [0.3, 0.4) is 0 Å². The van der Waals surface area contributed by atoms with Gasteiger partial charge >= 0.3 is 0 Å². The molecule has 2 saturated heterocycles. The van der Waals surface area contributed by atoms with Gasteiger partial charge in [0.2, 0.25) is 21.7 Å². The van der Waals surface area contributed by atoms with Crippen molar-refractivity contribution >= 4 is 10.0 Å².